The average molecular weight is 291 g/mol. The number of hydrogen-bond acceptors (Lipinski definition) is 4. The van der Waals surface area contributed by atoms with Gasteiger partial charge in [0.2, 0.25) is 0 Å². The minimum atomic E-state index is -1.34. The second-order valence-electron chi connectivity index (χ2n) is 4.99. The summed E-state index contributed by atoms with van der Waals surface area (Å²) in [7, 11) is 0. The lowest BCUT2D eigenvalue weighted by Crippen LogP contribution is -2.69. The maximum Gasteiger partial charge on any atom is 0.279 e. The van der Waals surface area contributed by atoms with Gasteiger partial charge in [-0.15, -0.1) is 0 Å². The highest BCUT2D eigenvalue weighted by Gasteiger charge is 2.21. The number of amides is 1. The average Bonchev–Trinajstić information content (AvgIpc) is 2.81. The Labute approximate surface area is 120 Å². The third-order valence-corrected chi connectivity index (χ3v) is 3.30. The van der Waals surface area contributed by atoms with Crippen LogP contribution in [-0.4, -0.2) is 34.1 Å². The van der Waals surface area contributed by atoms with E-state index in [-0.39, 0.29) is 5.75 Å². The third kappa shape index (κ3) is 3.32. The molecule has 2 atom stereocenters. The first-order valence-electron chi connectivity index (χ1n) is 6.51. The van der Waals surface area contributed by atoms with Crippen LogP contribution in [0.5, 0.6) is 5.75 Å². The smallest absolute Gasteiger partial charge is 0.279 e. The number of phenols is 1. The van der Waals surface area contributed by atoms with E-state index in [1.807, 2.05) is 0 Å². The molecule has 0 bridgehead atoms. The van der Waals surface area contributed by atoms with Crippen LogP contribution < -0.4 is 16.2 Å². The highest BCUT2D eigenvalue weighted by molar-refractivity contribution is 5.88. The SMILES string of the molecule is C[C@H](NC(=O)[C@H]([NH3+])Cc1c[nH]c2ccc(O)cc12)C(=O)[O-]. The van der Waals surface area contributed by atoms with Crippen LogP contribution in [0.4, 0.5) is 0 Å². The molecule has 1 heterocycles. The van der Waals surface area contributed by atoms with Crippen molar-refractivity contribution in [3.8, 4) is 5.75 Å². The Hall–Kier alpha value is -2.54. The van der Waals surface area contributed by atoms with Gasteiger partial charge in [0.1, 0.15) is 5.75 Å². The molecule has 0 saturated heterocycles. The molecule has 0 radical (unpaired) electrons. The monoisotopic (exact) mass is 291 g/mol. The molecule has 6 N–H and O–H groups in total. The number of carbonyl (C=O) groups is 2. The fourth-order valence-electron chi connectivity index (χ4n) is 2.08. The molecule has 0 unspecified atom stereocenters. The number of quaternary nitrogens is 1. The van der Waals surface area contributed by atoms with Gasteiger partial charge < -0.3 is 31.0 Å². The molecule has 2 rings (SSSR count). The van der Waals surface area contributed by atoms with Crippen LogP contribution in [0.3, 0.4) is 0 Å². The molecule has 1 aromatic carbocycles. The zero-order valence-corrected chi connectivity index (χ0v) is 11.6. The zero-order valence-electron chi connectivity index (χ0n) is 11.6. The molecule has 0 spiro atoms. The number of carboxylic acids is 1. The molecule has 112 valence electrons. The molecule has 2 aromatic rings. The van der Waals surface area contributed by atoms with Gasteiger partial charge in [-0.3, -0.25) is 4.79 Å². The molecule has 1 aromatic heterocycles. The minimum Gasteiger partial charge on any atom is -0.548 e. The minimum absolute atomic E-state index is 0.138. The number of benzene rings is 1. The van der Waals surface area contributed by atoms with E-state index in [4.69, 9.17) is 0 Å². The zero-order chi connectivity index (χ0) is 15.6. The fraction of sp³-hybridized carbons (Fsp3) is 0.286. The molecule has 0 aliphatic heterocycles. The van der Waals surface area contributed by atoms with Crippen molar-refractivity contribution in [1.29, 1.82) is 0 Å². The standard InChI is InChI=1S/C14H17N3O4/c1-7(14(20)21)17-13(19)11(15)4-8-6-16-12-3-2-9(18)5-10(8)12/h2-3,5-7,11,16,18H,4,15H2,1H3,(H,17,19)(H,20,21)/t7-,11+/m0/s1. The lowest BCUT2D eigenvalue weighted by Gasteiger charge is -2.16. The Morgan fingerprint density at radius 3 is 2.86 bits per heavy atom. The fourth-order valence-corrected chi connectivity index (χ4v) is 2.08. The normalized spacial score (nSPS) is 13.8. The molecular formula is C14H17N3O4. The summed E-state index contributed by atoms with van der Waals surface area (Å²) in [5, 5.41) is 23.3. The van der Waals surface area contributed by atoms with Crippen LogP contribution in [-0.2, 0) is 16.0 Å². The number of aromatic amines is 1. The van der Waals surface area contributed by atoms with Gasteiger partial charge in [-0.2, -0.15) is 0 Å². The second-order valence-corrected chi connectivity index (χ2v) is 4.99. The van der Waals surface area contributed by atoms with Gasteiger partial charge in [0.25, 0.3) is 5.91 Å². The Kier molecular flexibility index (Phi) is 4.13. The van der Waals surface area contributed by atoms with E-state index in [2.05, 4.69) is 16.0 Å². The number of nitrogens with one attached hydrogen (secondary N) is 2. The summed E-state index contributed by atoms with van der Waals surface area (Å²) in [6.45, 7) is 1.34. The molecule has 7 heteroatoms. The largest absolute Gasteiger partial charge is 0.548 e. The summed E-state index contributed by atoms with van der Waals surface area (Å²) in [6.07, 6.45) is 2.08. The van der Waals surface area contributed by atoms with E-state index in [9.17, 15) is 19.8 Å². The second kappa shape index (κ2) is 5.84. The van der Waals surface area contributed by atoms with Gasteiger partial charge in [-0.1, -0.05) is 0 Å². The summed E-state index contributed by atoms with van der Waals surface area (Å²) in [5.74, 6) is -1.66. The van der Waals surface area contributed by atoms with Crippen LogP contribution in [0.2, 0.25) is 0 Å². The van der Waals surface area contributed by atoms with Crippen molar-refractivity contribution >= 4 is 22.8 Å². The van der Waals surface area contributed by atoms with E-state index in [0.29, 0.717) is 6.42 Å². The Balaban J connectivity index is 2.10. The van der Waals surface area contributed by atoms with Crippen LogP contribution in [0.25, 0.3) is 10.9 Å². The van der Waals surface area contributed by atoms with Crippen molar-refractivity contribution in [2.24, 2.45) is 0 Å². The Morgan fingerprint density at radius 1 is 1.48 bits per heavy atom. The number of aromatic hydroxyl groups is 1. The number of H-pyrrole nitrogens is 1. The number of carboxylic acid groups (broad SMARTS) is 1. The van der Waals surface area contributed by atoms with Crippen LogP contribution in [0.1, 0.15) is 12.5 Å². The Bertz CT molecular complexity index is 680. The van der Waals surface area contributed by atoms with E-state index < -0.39 is 24.0 Å². The van der Waals surface area contributed by atoms with Crippen molar-refractivity contribution in [2.45, 2.75) is 25.4 Å². The third-order valence-electron chi connectivity index (χ3n) is 3.30. The summed E-state index contributed by atoms with van der Waals surface area (Å²) >= 11 is 0. The van der Waals surface area contributed by atoms with Gasteiger partial charge in [-0.25, -0.2) is 0 Å². The molecule has 7 nitrogen and oxygen atoms in total. The predicted octanol–water partition coefficient (Wildman–Crippen LogP) is -1.72. The van der Waals surface area contributed by atoms with E-state index in [1.165, 1.54) is 6.92 Å². The lowest BCUT2D eigenvalue weighted by atomic mass is 10.0. The highest BCUT2D eigenvalue weighted by Crippen LogP contribution is 2.23. The first kappa shape index (κ1) is 14.9. The summed E-state index contributed by atoms with van der Waals surface area (Å²) in [4.78, 5) is 25.5. The first-order chi connectivity index (χ1) is 9.88. The summed E-state index contributed by atoms with van der Waals surface area (Å²) < 4.78 is 0. The van der Waals surface area contributed by atoms with Crippen molar-refractivity contribution in [3.63, 3.8) is 0 Å². The topological polar surface area (TPSA) is 133 Å². The van der Waals surface area contributed by atoms with Crippen LogP contribution in [0, 0.1) is 0 Å². The molecule has 21 heavy (non-hydrogen) atoms. The molecule has 0 aliphatic carbocycles. The molecule has 0 saturated carbocycles. The van der Waals surface area contributed by atoms with Crippen molar-refractivity contribution < 1.29 is 25.5 Å². The van der Waals surface area contributed by atoms with Gasteiger partial charge in [-0.05, 0) is 30.7 Å². The number of aliphatic carboxylic acids is 1. The van der Waals surface area contributed by atoms with Crippen LogP contribution >= 0.6 is 0 Å². The highest BCUT2D eigenvalue weighted by atomic mass is 16.4. The Morgan fingerprint density at radius 2 is 2.19 bits per heavy atom. The molecule has 0 aliphatic rings. The molecule has 0 fully saturated rings. The van der Waals surface area contributed by atoms with E-state index >= 15 is 0 Å². The maximum absolute atomic E-state index is 11.9. The first-order valence-corrected chi connectivity index (χ1v) is 6.51. The quantitative estimate of drug-likeness (QED) is 0.521. The number of carbonyl (C=O) groups excluding carboxylic acids is 2. The van der Waals surface area contributed by atoms with E-state index in [1.54, 1.807) is 24.4 Å². The predicted molar refractivity (Wildman–Crippen MR) is 73.0 cm³/mol. The van der Waals surface area contributed by atoms with Gasteiger partial charge in [0.15, 0.2) is 6.04 Å². The van der Waals surface area contributed by atoms with Crippen LogP contribution in [0.15, 0.2) is 24.4 Å². The lowest BCUT2D eigenvalue weighted by molar-refractivity contribution is -0.403. The van der Waals surface area contributed by atoms with E-state index in [0.717, 1.165) is 16.5 Å². The van der Waals surface area contributed by atoms with Crippen molar-refractivity contribution in [3.05, 3.63) is 30.0 Å². The molecule has 1 amide bonds. The van der Waals surface area contributed by atoms with Crippen molar-refractivity contribution in [2.75, 3.05) is 0 Å². The number of fused-ring (bicyclic) bond motifs is 1. The number of hydrogen-bond donors (Lipinski definition) is 4. The summed E-state index contributed by atoms with van der Waals surface area (Å²) in [5.41, 5.74) is 5.43. The number of phenolic OH excluding ortho intramolecular Hbond substituents is 1. The number of rotatable bonds is 5. The number of aromatic nitrogens is 1. The van der Waals surface area contributed by atoms with Gasteiger partial charge in [0.05, 0.1) is 12.0 Å². The van der Waals surface area contributed by atoms with Gasteiger partial charge >= 0.3 is 0 Å². The summed E-state index contributed by atoms with van der Waals surface area (Å²) in [6, 6.07) is 3.21. The van der Waals surface area contributed by atoms with Gasteiger partial charge in [0, 0.05) is 23.5 Å². The molecular weight excluding hydrogens is 274 g/mol. The maximum atomic E-state index is 11.9. The van der Waals surface area contributed by atoms with Crippen molar-refractivity contribution in [1.82, 2.24) is 10.3 Å².